The number of hydrogen-bond donors (Lipinski definition) is 2. The van der Waals surface area contributed by atoms with E-state index in [0.29, 0.717) is 21.4 Å². The van der Waals surface area contributed by atoms with E-state index in [4.69, 9.17) is 0 Å². The zero-order chi connectivity index (χ0) is 23.0. The summed E-state index contributed by atoms with van der Waals surface area (Å²) in [5, 5.41) is 10.0. The smallest absolute Gasteiger partial charge is 0.321 e. The molecular formula is C23H22BrN5O3. The van der Waals surface area contributed by atoms with Crippen LogP contribution in [0.2, 0.25) is 0 Å². The predicted molar refractivity (Wildman–Crippen MR) is 123 cm³/mol. The van der Waals surface area contributed by atoms with Gasteiger partial charge in [0.1, 0.15) is 12.1 Å². The molecule has 164 valence electrons. The minimum absolute atomic E-state index is 0.403. The molecule has 1 aromatic heterocycles. The Labute approximate surface area is 193 Å². The maximum atomic E-state index is 13.1. The van der Waals surface area contributed by atoms with Crippen molar-refractivity contribution in [2.75, 3.05) is 11.9 Å². The zero-order valence-corrected chi connectivity index (χ0v) is 19.4. The quantitative estimate of drug-likeness (QED) is 0.527. The molecule has 3 aromatic rings. The van der Waals surface area contributed by atoms with Crippen LogP contribution in [0, 0.1) is 13.8 Å². The molecule has 1 aliphatic heterocycles. The second kappa shape index (κ2) is 8.23. The molecule has 0 bridgehead atoms. The van der Waals surface area contributed by atoms with Gasteiger partial charge >= 0.3 is 6.03 Å². The number of aryl methyl sites for hydroxylation is 1. The van der Waals surface area contributed by atoms with Gasteiger partial charge in [-0.1, -0.05) is 52.3 Å². The van der Waals surface area contributed by atoms with Crippen LogP contribution in [0.1, 0.15) is 23.9 Å². The number of halogens is 1. The lowest BCUT2D eigenvalue weighted by Crippen LogP contribution is -2.42. The Morgan fingerprint density at radius 2 is 1.75 bits per heavy atom. The molecule has 4 amide bonds. The molecule has 1 unspecified atom stereocenters. The van der Waals surface area contributed by atoms with Gasteiger partial charge < -0.3 is 10.6 Å². The Hall–Kier alpha value is -3.46. The van der Waals surface area contributed by atoms with E-state index in [0.717, 1.165) is 16.3 Å². The first kappa shape index (κ1) is 21.8. The van der Waals surface area contributed by atoms with Gasteiger partial charge in [-0.25, -0.2) is 9.48 Å². The Kier molecular flexibility index (Phi) is 5.60. The van der Waals surface area contributed by atoms with Crippen LogP contribution in [0.3, 0.4) is 0 Å². The highest BCUT2D eigenvalue weighted by Gasteiger charge is 2.50. The molecule has 4 rings (SSSR count). The maximum Gasteiger partial charge on any atom is 0.325 e. The van der Waals surface area contributed by atoms with Gasteiger partial charge in [-0.15, -0.1) is 0 Å². The minimum Gasteiger partial charge on any atom is -0.321 e. The van der Waals surface area contributed by atoms with Gasteiger partial charge in [0.05, 0.1) is 22.8 Å². The molecule has 0 saturated carbocycles. The van der Waals surface area contributed by atoms with E-state index in [2.05, 4.69) is 31.7 Å². The lowest BCUT2D eigenvalue weighted by molar-refractivity contribution is -0.133. The van der Waals surface area contributed by atoms with Crippen LogP contribution >= 0.6 is 15.9 Å². The van der Waals surface area contributed by atoms with Crippen LogP contribution < -0.4 is 10.6 Å². The summed E-state index contributed by atoms with van der Waals surface area (Å²) in [6.45, 7) is 4.86. The van der Waals surface area contributed by atoms with Crippen LogP contribution in [0.25, 0.3) is 5.69 Å². The van der Waals surface area contributed by atoms with Crippen molar-refractivity contribution in [3.8, 4) is 5.69 Å². The first-order valence-electron chi connectivity index (χ1n) is 10.0. The van der Waals surface area contributed by atoms with E-state index >= 15 is 0 Å². The number of nitrogens with one attached hydrogen (secondary N) is 2. The highest BCUT2D eigenvalue weighted by Crippen LogP contribution is 2.33. The molecule has 0 radical (unpaired) electrons. The highest BCUT2D eigenvalue weighted by molar-refractivity contribution is 9.10. The number of amides is 4. The van der Waals surface area contributed by atoms with Crippen LogP contribution in [0.15, 0.2) is 59.1 Å². The van der Waals surface area contributed by atoms with E-state index in [1.165, 1.54) is 0 Å². The maximum absolute atomic E-state index is 13.1. The predicted octanol–water partition coefficient (Wildman–Crippen LogP) is 3.66. The number of aromatic nitrogens is 2. The van der Waals surface area contributed by atoms with Gasteiger partial charge in [-0.05, 0) is 39.0 Å². The lowest BCUT2D eigenvalue weighted by atomic mass is 9.92. The second-order valence-corrected chi connectivity index (χ2v) is 8.62. The molecule has 8 nitrogen and oxygen atoms in total. The summed E-state index contributed by atoms with van der Waals surface area (Å²) in [7, 11) is 0. The number of carbonyl (C=O) groups excluding carboxylic acids is 3. The Morgan fingerprint density at radius 3 is 2.44 bits per heavy atom. The van der Waals surface area contributed by atoms with Crippen LogP contribution in [-0.4, -0.2) is 39.1 Å². The van der Waals surface area contributed by atoms with Crippen molar-refractivity contribution in [3.05, 3.63) is 76.0 Å². The molecule has 2 N–H and O–H groups in total. The van der Waals surface area contributed by atoms with Gasteiger partial charge in [0.2, 0.25) is 5.91 Å². The summed E-state index contributed by atoms with van der Waals surface area (Å²) in [6, 6.07) is 16.1. The minimum atomic E-state index is -1.26. The number of para-hydroxylation sites is 1. The number of anilines is 1. The fourth-order valence-electron chi connectivity index (χ4n) is 3.86. The summed E-state index contributed by atoms with van der Waals surface area (Å²) < 4.78 is 2.44. The Bertz CT molecular complexity index is 1220. The normalized spacial score (nSPS) is 18.1. The number of urea groups is 1. The van der Waals surface area contributed by atoms with Crippen LogP contribution in [0.5, 0.6) is 0 Å². The van der Waals surface area contributed by atoms with E-state index in [9.17, 15) is 14.4 Å². The summed E-state index contributed by atoms with van der Waals surface area (Å²) in [4.78, 5) is 39.4. The summed E-state index contributed by atoms with van der Waals surface area (Å²) in [6.07, 6.45) is 0. The monoisotopic (exact) mass is 495 g/mol. The summed E-state index contributed by atoms with van der Waals surface area (Å²) >= 11 is 3.43. The average molecular weight is 496 g/mol. The van der Waals surface area contributed by atoms with Crippen molar-refractivity contribution in [2.24, 2.45) is 0 Å². The lowest BCUT2D eigenvalue weighted by Gasteiger charge is -2.23. The van der Waals surface area contributed by atoms with Crippen LogP contribution in [-0.2, 0) is 15.1 Å². The van der Waals surface area contributed by atoms with Crippen LogP contribution in [0.4, 0.5) is 10.5 Å². The fourth-order valence-corrected chi connectivity index (χ4v) is 4.54. The molecule has 1 fully saturated rings. The Balaban J connectivity index is 1.53. The second-order valence-electron chi connectivity index (χ2n) is 7.77. The van der Waals surface area contributed by atoms with E-state index in [1.54, 1.807) is 36.7 Å². The van der Waals surface area contributed by atoms with Gasteiger partial charge in [-0.2, -0.15) is 5.10 Å². The fraction of sp³-hybridized carbons (Fsp3) is 0.217. The van der Waals surface area contributed by atoms with Crippen molar-refractivity contribution in [1.82, 2.24) is 20.0 Å². The Morgan fingerprint density at radius 1 is 1.09 bits per heavy atom. The molecule has 2 heterocycles. The third-order valence-electron chi connectivity index (χ3n) is 5.55. The highest BCUT2D eigenvalue weighted by atomic mass is 79.9. The largest absolute Gasteiger partial charge is 0.325 e. The molecule has 1 aliphatic rings. The average Bonchev–Trinajstić information content (AvgIpc) is 3.17. The number of imide groups is 1. The van der Waals surface area contributed by atoms with Gasteiger partial charge in [-0.3, -0.25) is 14.5 Å². The number of carbonyl (C=O) groups is 3. The molecule has 0 aliphatic carbocycles. The zero-order valence-electron chi connectivity index (χ0n) is 17.8. The van der Waals surface area contributed by atoms with Gasteiger partial charge in [0.15, 0.2) is 0 Å². The molecule has 1 atom stereocenters. The third kappa shape index (κ3) is 3.69. The number of benzene rings is 2. The molecule has 0 spiro atoms. The van der Waals surface area contributed by atoms with Gasteiger partial charge in [0.25, 0.3) is 5.91 Å². The van der Waals surface area contributed by atoms with Crippen molar-refractivity contribution in [1.29, 1.82) is 0 Å². The van der Waals surface area contributed by atoms with Crippen molar-refractivity contribution in [2.45, 2.75) is 26.3 Å². The number of nitrogens with zero attached hydrogens (tertiary/aromatic N) is 3. The van der Waals surface area contributed by atoms with E-state index < -0.39 is 29.9 Å². The standard InChI is InChI=1S/C23H22BrN5O3/c1-14-20(15(2)29(27-14)16-9-5-4-6-10-16)25-19(30)13-28-21(31)23(3,26-22(28)32)17-11-7-8-12-18(17)24/h4-12H,13H2,1-3H3,(H,25,30)(H,26,32). The number of rotatable bonds is 5. The summed E-state index contributed by atoms with van der Waals surface area (Å²) in [5.41, 5.74) is 2.16. The van der Waals surface area contributed by atoms with Crippen molar-refractivity contribution >= 4 is 39.5 Å². The molecule has 9 heteroatoms. The van der Waals surface area contributed by atoms with Crippen molar-refractivity contribution in [3.63, 3.8) is 0 Å². The van der Waals surface area contributed by atoms with E-state index in [1.807, 2.05) is 43.3 Å². The summed E-state index contributed by atoms with van der Waals surface area (Å²) in [5.74, 6) is -0.971. The van der Waals surface area contributed by atoms with Gasteiger partial charge in [0, 0.05) is 10.0 Å². The first-order chi connectivity index (χ1) is 15.2. The number of hydrogen-bond acceptors (Lipinski definition) is 4. The molecular weight excluding hydrogens is 474 g/mol. The van der Waals surface area contributed by atoms with Crippen molar-refractivity contribution < 1.29 is 14.4 Å². The molecule has 2 aromatic carbocycles. The topological polar surface area (TPSA) is 96.3 Å². The molecule has 32 heavy (non-hydrogen) atoms. The van der Waals surface area contributed by atoms with E-state index in [-0.39, 0.29) is 0 Å². The third-order valence-corrected chi connectivity index (χ3v) is 6.24. The molecule has 1 saturated heterocycles. The SMILES string of the molecule is Cc1nn(-c2ccccc2)c(C)c1NC(=O)CN1C(=O)NC(C)(c2ccccc2Br)C1=O. The first-order valence-corrected chi connectivity index (χ1v) is 10.8.